The number of hydrogen-bond donors (Lipinski definition) is 2. The molecule has 2 aromatic rings. The van der Waals surface area contributed by atoms with Crippen molar-refractivity contribution >= 4 is 33.4 Å². The summed E-state index contributed by atoms with van der Waals surface area (Å²) in [5, 5.41) is 0.286. The molecule has 9 nitrogen and oxygen atoms in total. The molecule has 0 aliphatic carbocycles. The smallest absolute Gasteiger partial charge is 0.273 e. The molecular weight excluding hydrogens is 453 g/mol. The molecule has 2 aromatic carbocycles. The second kappa shape index (κ2) is 9.60. The Morgan fingerprint density at radius 1 is 1.10 bits per heavy atom. The van der Waals surface area contributed by atoms with Crippen molar-refractivity contribution < 1.29 is 31.9 Å². The first-order valence-electron chi connectivity index (χ1n) is 9.05. The van der Waals surface area contributed by atoms with Crippen molar-refractivity contribution in [2.45, 2.75) is 4.90 Å². The molecule has 31 heavy (non-hydrogen) atoms. The second-order valence-corrected chi connectivity index (χ2v) is 8.76. The Balaban J connectivity index is 1.76. The molecule has 0 atom stereocenters. The highest BCUT2D eigenvalue weighted by molar-refractivity contribution is 7.89. The Labute approximate surface area is 183 Å². The zero-order valence-corrected chi connectivity index (χ0v) is 17.9. The molecule has 3 rings (SSSR count). The lowest BCUT2D eigenvalue weighted by atomic mass is 10.2. The fourth-order valence-electron chi connectivity index (χ4n) is 2.88. The molecule has 1 aliphatic rings. The van der Waals surface area contributed by atoms with E-state index in [0.717, 1.165) is 22.5 Å². The predicted molar refractivity (Wildman–Crippen MR) is 109 cm³/mol. The summed E-state index contributed by atoms with van der Waals surface area (Å²) in [7, 11) is -2.79. The maximum Gasteiger partial charge on any atom is 0.273 e. The normalized spacial score (nSPS) is 14.7. The summed E-state index contributed by atoms with van der Waals surface area (Å²) in [4.78, 5) is 24.2. The minimum atomic E-state index is -4.16. The number of methoxy groups -OCH3 is 1. The molecule has 12 heteroatoms. The molecule has 1 saturated heterocycles. The molecule has 1 fully saturated rings. The van der Waals surface area contributed by atoms with Crippen molar-refractivity contribution in [1.29, 1.82) is 0 Å². The monoisotopic (exact) mass is 471 g/mol. The van der Waals surface area contributed by atoms with Crippen LogP contribution in [0.25, 0.3) is 0 Å². The number of ether oxygens (including phenoxy) is 2. The Hall–Kier alpha value is -2.73. The van der Waals surface area contributed by atoms with Crippen LogP contribution < -0.4 is 15.6 Å². The lowest BCUT2D eigenvalue weighted by Crippen LogP contribution is -2.42. The number of rotatable bonds is 5. The molecule has 1 aliphatic heterocycles. The molecule has 0 aromatic heterocycles. The SMILES string of the molecule is COc1ccc(Cl)cc1C(=O)NNC(=O)c1ccc(F)c(S(=O)(=O)N2CCOCC2)c1. The number of amides is 2. The fraction of sp³-hybridized carbons (Fsp3) is 0.263. The third-order valence-corrected chi connectivity index (χ3v) is 6.63. The average molecular weight is 472 g/mol. The van der Waals surface area contributed by atoms with Crippen LogP contribution in [0.15, 0.2) is 41.3 Å². The first-order valence-corrected chi connectivity index (χ1v) is 10.9. The first kappa shape index (κ1) is 22.9. The van der Waals surface area contributed by atoms with E-state index < -0.39 is 32.6 Å². The Morgan fingerprint density at radius 2 is 1.77 bits per heavy atom. The van der Waals surface area contributed by atoms with Gasteiger partial charge in [-0.3, -0.25) is 20.4 Å². The lowest BCUT2D eigenvalue weighted by molar-refractivity contribution is 0.0729. The van der Waals surface area contributed by atoms with Crippen LogP contribution in [0.4, 0.5) is 4.39 Å². The van der Waals surface area contributed by atoms with Gasteiger partial charge < -0.3 is 9.47 Å². The number of sulfonamides is 1. The Morgan fingerprint density at radius 3 is 2.45 bits per heavy atom. The van der Waals surface area contributed by atoms with E-state index in [2.05, 4.69) is 10.9 Å². The van der Waals surface area contributed by atoms with Crippen molar-refractivity contribution in [2.24, 2.45) is 0 Å². The largest absolute Gasteiger partial charge is 0.496 e. The van der Waals surface area contributed by atoms with E-state index in [1.807, 2.05) is 0 Å². The molecule has 0 bridgehead atoms. The van der Waals surface area contributed by atoms with Gasteiger partial charge in [-0.2, -0.15) is 4.31 Å². The van der Waals surface area contributed by atoms with Crippen LogP contribution >= 0.6 is 11.6 Å². The van der Waals surface area contributed by atoms with Gasteiger partial charge in [-0.15, -0.1) is 0 Å². The molecule has 0 radical (unpaired) electrons. The molecular formula is C19H19ClFN3O6S. The summed E-state index contributed by atoms with van der Waals surface area (Å²) in [5.41, 5.74) is 4.26. The number of benzene rings is 2. The van der Waals surface area contributed by atoms with E-state index in [4.69, 9.17) is 21.1 Å². The maximum absolute atomic E-state index is 14.3. The van der Waals surface area contributed by atoms with Gasteiger partial charge in [0.15, 0.2) is 0 Å². The minimum Gasteiger partial charge on any atom is -0.496 e. The number of hydrogen-bond acceptors (Lipinski definition) is 6. The minimum absolute atomic E-state index is 0.0741. The lowest BCUT2D eigenvalue weighted by Gasteiger charge is -2.26. The summed E-state index contributed by atoms with van der Waals surface area (Å²) < 4.78 is 51.0. The highest BCUT2D eigenvalue weighted by Gasteiger charge is 2.30. The van der Waals surface area contributed by atoms with Crippen LogP contribution in [0, 0.1) is 5.82 Å². The van der Waals surface area contributed by atoms with Gasteiger partial charge in [0, 0.05) is 23.7 Å². The topological polar surface area (TPSA) is 114 Å². The highest BCUT2D eigenvalue weighted by atomic mass is 35.5. The molecule has 0 saturated carbocycles. The van der Waals surface area contributed by atoms with Gasteiger partial charge in [-0.25, -0.2) is 12.8 Å². The van der Waals surface area contributed by atoms with Gasteiger partial charge in [0.25, 0.3) is 11.8 Å². The molecule has 0 unspecified atom stereocenters. The van der Waals surface area contributed by atoms with Gasteiger partial charge in [-0.1, -0.05) is 11.6 Å². The number of nitrogens with one attached hydrogen (secondary N) is 2. The van der Waals surface area contributed by atoms with Crippen LogP contribution in [0.2, 0.25) is 5.02 Å². The number of carbonyl (C=O) groups excluding carboxylic acids is 2. The van der Waals surface area contributed by atoms with Crippen LogP contribution in [-0.2, 0) is 14.8 Å². The molecule has 2 N–H and O–H groups in total. The summed E-state index contributed by atoms with van der Waals surface area (Å²) >= 11 is 5.89. The van der Waals surface area contributed by atoms with Crippen LogP contribution in [-0.4, -0.2) is 58.0 Å². The van der Waals surface area contributed by atoms with Crippen molar-refractivity contribution in [1.82, 2.24) is 15.2 Å². The van der Waals surface area contributed by atoms with Crippen LogP contribution in [0.3, 0.4) is 0 Å². The Kier molecular flexibility index (Phi) is 7.11. The number of morpholine rings is 1. The van der Waals surface area contributed by atoms with Crippen molar-refractivity contribution in [3.8, 4) is 5.75 Å². The quantitative estimate of drug-likeness (QED) is 0.640. The molecule has 0 spiro atoms. The second-order valence-electron chi connectivity index (χ2n) is 6.41. The van der Waals surface area contributed by atoms with Gasteiger partial charge in [0.1, 0.15) is 16.5 Å². The zero-order chi connectivity index (χ0) is 22.6. The first-order chi connectivity index (χ1) is 14.7. The van der Waals surface area contributed by atoms with E-state index >= 15 is 0 Å². The van der Waals surface area contributed by atoms with E-state index in [9.17, 15) is 22.4 Å². The van der Waals surface area contributed by atoms with Gasteiger partial charge in [0.2, 0.25) is 10.0 Å². The Bertz CT molecular complexity index is 1110. The zero-order valence-electron chi connectivity index (χ0n) is 16.4. The maximum atomic E-state index is 14.3. The molecule has 166 valence electrons. The highest BCUT2D eigenvalue weighted by Crippen LogP contribution is 2.23. The van der Waals surface area contributed by atoms with E-state index in [1.165, 1.54) is 25.3 Å². The predicted octanol–water partition coefficient (Wildman–Crippen LogP) is 1.58. The summed E-state index contributed by atoms with van der Waals surface area (Å²) in [6, 6.07) is 7.28. The van der Waals surface area contributed by atoms with Crippen molar-refractivity contribution in [3.05, 3.63) is 58.4 Å². The third-order valence-electron chi connectivity index (χ3n) is 4.48. The number of halogens is 2. The van der Waals surface area contributed by atoms with Gasteiger partial charge in [-0.05, 0) is 36.4 Å². The standard InChI is InChI=1S/C19H19ClFN3O6S/c1-29-16-5-3-13(20)11-14(16)19(26)23-22-18(25)12-2-4-15(21)17(10-12)31(27,28)24-6-8-30-9-7-24/h2-5,10-11H,6-9H2,1H3,(H,22,25)(H,23,26). The van der Waals surface area contributed by atoms with Gasteiger partial charge in [0.05, 0.1) is 25.9 Å². The average Bonchev–Trinajstić information content (AvgIpc) is 2.78. The van der Waals surface area contributed by atoms with E-state index in [1.54, 1.807) is 0 Å². The number of carbonyl (C=O) groups is 2. The molecule has 2 amide bonds. The van der Waals surface area contributed by atoms with Crippen LogP contribution in [0.5, 0.6) is 5.75 Å². The number of nitrogens with zero attached hydrogens (tertiary/aromatic N) is 1. The van der Waals surface area contributed by atoms with Crippen molar-refractivity contribution in [2.75, 3.05) is 33.4 Å². The molecule has 1 heterocycles. The summed E-state index contributed by atoms with van der Waals surface area (Å²) in [6.07, 6.45) is 0. The van der Waals surface area contributed by atoms with E-state index in [0.29, 0.717) is 0 Å². The summed E-state index contributed by atoms with van der Waals surface area (Å²) in [5.74, 6) is -2.31. The van der Waals surface area contributed by atoms with Gasteiger partial charge >= 0.3 is 0 Å². The third kappa shape index (κ3) is 5.13. The summed E-state index contributed by atoms with van der Waals surface area (Å²) in [6.45, 7) is 0.547. The van der Waals surface area contributed by atoms with Crippen LogP contribution in [0.1, 0.15) is 20.7 Å². The van der Waals surface area contributed by atoms with Crippen molar-refractivity contribution in [3.63, 3.8) is 0 Å². The fourth-order valence-corrected chi connectivity index (χ4v) is 4.55. The van der Waals surface area contributed by atoms with E-state index in [-0.39, 0.29) is 48.2 Å². The number of hydrazine groups is 1.